The molecule has 2 heteroatoms. The molecule has 1 N–H and O–H groups in total. The first-order chi connectivity index (χ1) is 12.2. The van der Waals surface area contributed by atoms with Crippen molar-refractivity contribution >= 4 is 5.97 Å². The highest BCUT2D eigenvalue weighted by Crippen LogP contribution is 2.37. The van der Waals surface area contributed by atoms with Crippen LogP contribution in [0.5, 0.6) is 0 Å². The van der Waals surface area contributed by atoms with Crippen molar-refractivity contribution in [2.75, 3.05) is 0 Å². The summed E-state index contributed by atoms with van der Waals surface area (Å²) < 4.78 is 0. The zero-order valence-corrected chi connectivity index (χ0v) is 15.5. The topological polar surface area (TPSA) is 37.3 Å². The number of benzene rings is 1. The van der Waals surface area contributed by atoms with Crippen LogP contribution in [0.15, 0.2) is 48.6 Å². The number of carbonyl (C=O) groups is 1. The Morgan fingerprint density at radius 2 is 1.84 bits per heavy atom. The highest BCUT2D eigenvalue weighted by atomic mass is 16.4. The van der Waals surface area contributed by atoms with E-state index in [1.807, 2.05) is 12.2 Å². The van der Waals surface area contributed by atoms with Gasteiger partial charge in [-0.3, -0.25) is 0 Å². The molecule has 136 valence electrons. The summed E-state index contributed by atoms with van der Waals surface area (Å²) >= 11 is 0. The summed E-state index contributed by atoms with van der Waals surface area (Å²) in [7, 11) is 0. The van der Waals surface area contributed by atoms with E-state index in [1.165, 1.54) is 49.7 Å². The van der Waals surface area contributed by atoms with Gasteiger partial charge >= 0.3 is 5.97 Å². The van der Waals surface area contributed by atoms with E-state index in [9.17, 15) is 4.79 Å². The predicted molar refractivity (Wildman–Crippen MR) is 105 cm³/mol. The van der Waals surface area contributed by atoms with Gasteiger partial charge < -0.3 is 5.11 Å². The van der Waals surface area contributed by atoms with Gasteiger partial charge in [0, 0.05) is 6.08 Å². The van der Waals surface area contributed by atoms with Crippen LogP contribution in [0.4, 0.5) is 0 Å². The summed E-state index contributed by atoms with van der Waals surface area (Å²) in [5, 5.41) is 8.50. The van der Waals surface area contributed by atoms with Crippen molar-refractivity contribution < 1.29 is 9.90 Å². The Kier molecular flexibility index (Phi) is 8.51. The standard InChI is InChI=1S/C23H32O2/c1-2-8-19-11-15-21(16-12-19)22-17-13-20(14-18-22)9-6-4-3-5-7-10-23(24)25/h3,5,7,10,13-14,17-19,21H,2,4,6,8-9,11-12,15-16H2,1H3,(H,24,25). The fourth-order valence-corrected chi connectivity index (χ4v) is 3.89. The Bertz CT molecular complexity index is 560. The van der Waals surface area contributed by atoms with E-state index in [1.54, 1.807) is 6.08 Å². The molecule has 2 nitrogen and oxygen atoms in total. The molecular formula is C23H32O2. The average molecular weight is 341 g/mol. The smallest absolute Gasteiger partial charge is 0.328 e. The summed E-state index contributed by atoms with van der Waals surface area (Å²) in [6, 6.07) is 9.26. The minimum Gasteiger partial charge on any atom is -0.478 e. The number of carboxylic acid groups (broad SMARTS) is 1. The first-order valence-corrected chi connectivity index (χ1v) is 9.84. The number of hydrogen-bond donors (Lipinski definition) is 1. The van der Waals surface area contributed by atoms with Gasteiger partial charge in [0.05, 0.1) is 0 Å². The largest absolute Gasteiger partial charge is 0.478 e. The summed E-state index contributed by atoms with van der Waals surface area (Å²) in [6.07, 6.45) is 18.0. The van der Waals surface area contributed by atoms with E-state index >= 15 is 0 Å². The molecule has 1 saturated carbocycles. The molecule has 0 radical (unpaired) electrons. The first kappa shape index (κ1) is 19.5. The molecular weight excluding hydrogens is 308 g/mol. The molecule has 1 fully saturated rings. The third kappa shape index (κ3) is 7.29. The lowest BCUT2D eigenvalue weighted by molar-refractivity contribution is -0.131. The highest BCUT2D eigenvalue weighted by molar-refractivity contribution is 5.80. The van der Waals surface area contributed by atoms with Crippen molar-refractivity contribution in [3.05, 3.63) is 59.7 Å². The van der Waals surface area contributed by atoms with Crippen LogP contribution in [0, 0.1) is 5.92 Å². The molecule has 0 aromatic heterocycles. The zero-order valence-electron chi connectivity index (χ0n) is 15.5. The van der Waals surface area contributed by atoms with Crippen molar-refractivity contribution in [2.45, 2.75) is 70.6 Å². The van der Waals surface area contributed by atoms with Gasteiger partial charge in [-0.15, -0.1) is 0 Å². The Labute approximate surface area is 152 Å². The van der Waals surface area contributed by atoms with Gasteiger partial charge in [0.15, 0.2) is 0 Å². The van der Waals surface area contributed by atoms with Crippen LogP contribution in [-0.4, -0.2) is 11.1 Å². The van der Waals surface area contributed by atoms with Crippen molar-refractivity contribution in [3.8, 4) is 0 Å². The van der Waals surface area contributed by atoms with E-state index in [-0.39, 0.29) is 0 Å². The maximum atomic E-state index is 10.3. The van der Waals surface area contributed by atoms with Crippen LogP contribution in [0.3, 0.4) is 0 Å². The van der Waals surface area contributed by atoms with E-state index in [2.05, 4.69) is 31.2 Å². The van der Waals surface area contributed by atoms with Gasteiger partial charge in [0.1, 0.15) is 0 Å². The van der Waals surface area contributed by atoms with Crippen molar-refractivity contribution in [1.82, 2.24) is 0 Å². The third-order valence-electron chi connectivity index (χ3n) is 5.32. The Balaban J connectivity index is 1.70. The Morgan fingerprint density at radius 1 is 1.12 bits per heavy atom. The monoisotopic (exact) mass is 340 g/mol. The van der Waals surface area contributed by atoms with Crippen LogP contribution in [0.2, 0.25) is 0 Å². The molecule has 0 aliphatic heterocycles. The molecule has 1 aliphatic rings. The molecule has 0 saturated heterocycles. The van der Waals surface area contributed by atoms with Gasteiger partial charge in [-0.1, -0.05) is 62.3 Å². The second kappa shape index (κ2) is 10.9. The molecule has 0 unspecified atom stereocenters. The van der Waals surface area contributed by atoms with Crippen LogP contribution in [-0.2, 0) is 11.2 Å². The van der Waals surface area contributed by atoms with Crippen molar-refractivity contribution in [1.29, 1.82) is 0 Å². The van der Waals surface area contributed by atoms with Gasteiger partial charge in [-0.2, -0.15) is 0 Å². The molecule has 1 aliphatic carbocycles. The number of rotatable bonds is 9. The first-order valence-electron chi connectivity index (χ1n) is 9.84. The second-order valence-corrected chi connectivity index (χ2v) is 7.27. The molecule has 1 aromatic rings. The zero-order chi connectivity index (χ0) is 17.9. The second-order valence-electron chi connectivity index (χ2n) is 7.27. The minimum absolute atomic E-state index is 0.770. The Morgan fingerprint density at radius 3 is 2.48 bits per heavy atom. The van der Waals surface area contributed by atoms with Crippen molar-refractivity contribution in [3.63, 3.8) is 0 Å². The lowest BCUT2D eigenvalue weighted by atomic mass is 9.77. The molecule has 0 amide bonds. The molecule has 1 aromatic carbocycles. The third-order valence-corrected chi connectivity index (χ3v) is 5.32. The number of aryl methyl sites for hydroxylation is 1. The van der Waals surface area contributed by atoms with Crippen LogP contribution < -0.4 is 0 Å². The Hall–Kier alpha value is -1.83. The fraction of sp³-hybridized carbons (Fsp3) is 0.522. The average Bonchev–Trinajstić information content (AvgIpc) is 2.62. The lowest BCUT2D eigenvalue weighted by Gasteiger charge is -2.28. The summed E-state index contributed by atoms with van der Waals surface area (Å²) in [5.74, 6) is 0.841. The molecule has 2 rings (SSSR count). The van der Waals surface area contributed by atoms with Gasteiger partial charge in [-0.05, 0) is 67.9 Å². The van der Waals surface area contributed by atoms with E-state index in [0.717, 1.165) is 37.2 Å². The molecule has 0 heterocycles. The predicted octanol–water partition coefficient (Wildman–Crippen LogP) is 6.28. The van der Waals surface area contributed by atoms with Crippen molar-refractivity contribution in [2.24, 2.45) is 5.92 Å². The number of allylic oxidation sites excluding steroid dienone is 3. The molecule has 0 atom stereocenters. The molecule has 0 bridgehead atoms. The van der Waals surface area contributed by atoms with Gasteiger partial charge in [0.25, 0.3) is 0 Å². The van der Waals surface area contributed by atoms with Crippen LogP contribution in [0.1, 0.15) is 75.3 Å². The number of unbranched alkanes of at least 4 members (excludes halogenated alkanes) is 1. The van der Waals surface area contributed by atoms with Gasteiger partial charge in [0.2, 0.25) is 0 Å². The van der Waals surface area contributed by atoms with Crippen LogP contribution >= 0.6 is 0 Å². The summed E-state index contributed by atoms with van der Waals surface area (Å²) in [5.41, 5.74) is 2.93. The summed E-state index contributed by atoms with van der Waals surface area (Å²) in [4.78, 5) is 10.3. The lowest BCUT2D eigenvalue weighted by Crippen LogP contribution is -2.13. The van der Waals surface area contributed by atoms with E-state index < -0.39 is 5.97 Å². The number of hydrogen-bond acceptors (Lipinski definition) is 1. The molecule has 0 spiro atoms. The SMILES string of the molecule is CCCC1CCC(c2ccc(CCCC=CC=CC(=O)O)cc2)CC1. The fourth-order valence-electron chi connectivity index (χ4n) is 3.89. The molecule has 25 heavy (non-hydrogen) atoms. The number of carboxylic acids is 1. The van der Waals surface area contributed by atoms with E-state index in [0.29, 0.717) is 0 Å². The quantitative estimate of drug-likeness (QED) is 0.326. The number of aliphatic carboxylic acids is 1. The summed E-state index contributed by atoms with van der Waals surface area (Å²) in [6.45, 7) is 2.30. The highest BCUT2D eigenvalue weighted by Gasteiger charge is 2.21. The minimum atomic E-state index is -0.899. The maximum absolute atomic E-state index is 10.3. The van der Waals surface area contributed by atoms with Gasteiger partial charge in [-0.25, -0.2) is 4.79 Å². The van der Waals surface area contributed by atoms with Crippen LogP contribution in [0.25, 0.3) is 0 Å². The maximum Gasteiger partial charge on any atom is 0.328 e. The normalized spacial score (nSPS) is 21.2. The van der Waals surface area contributed by atoms with E-state index in [4.69, 9.17) is 5.11 Å².